The van der Waals surface area contributed by atoms with Crippen LogP contribution in [-0.2, 0) is 6.42 Å². The molecule has 0 aromatic heterocycles. The lowest BCUT2D eigenvalue weighted by atomic mass is 9.89. The van der Waals surface area contributed by atoms with Crippen LogP contribution in [0, 0.1) is 5.82 Å². The van der Waals surface area contributed by atoms with Crippen molar-refractivity contribution >= 4 is 15.9 Å². The second-order valence-corrected chi connectivity index (χ2v) is 4.82. The van der Waals surface area contributed by atoms with Gasteiger partial charge in [0.2, 0.25) is 0 Å². The maximum Gasteiger partial charge on any atom is 0.166 e. The van der Waals surface area contributed by atoms with E-state index in [2.05, 4.69) is 21.2 Å². The zero-order chi connectivity index (χ0) is 11.1. The molecular weight excluding hydrogens is 265 g/mol. The van der Waals surface area contributed by atoms with Crippen LogP contribution in [0.15, 0.2) is 16.6 Å². The molecule has 0 aliphatic carbocycles. The molecule has 1 aliphatic rings. The molecule has 3 nitrogen and oxygen atoms in total. The molecule has 1 fully saturated rings. The maximum atomic E-state index is 13.2. The van der Waals surface area contributed by atoms with Gasteiger partial charge in [0.1, 0.15) is 0 Å². The topological polar surface area (TPSA) is 52.5 Å². The molecule has 0 radical (unpaired) electrons. The van der Waals surface area contributed by atoms with E-state index in [0.717, 1.165) is 0 Å². The van der Waals surface area contributed by atoms with Gasteiger partial charge in [0.15, 0.2) is 11.6 Å². The molecule has 1 aromatic rings. The summed E-state index contributed by atoms with van der Waals surface area (Å²) in [5, 5.41) is 22.3. The minimum absolute atomic E-state index is 0.252. The third kappa shape index (κ3) is 2.14. The standard InChI is InChI=1S/C10H11BrFNO2/c11-7-1-6(9(14)8(12)2-7)3-10(15)4-13-5-10/h1-2,13-15H,3-5H2. The van der Waals surface area contributed by atoms with Gasteiger partial charge < -0.3 is 15.5 Å². The van der Waals surface area contributed by atoms with Crippen molar-refractivity contribution in [2.24, 2.45) is 0 Å². The Morgan fingerprint density at radius 3 is 2.67 bits per heavy atom. The van der Waals surface area contributed by atoms with Crippen LogP contribution in [0.1, 0.15) is 5.56 Å². The van der Waals surface area contributed by atoms with Gasteiger partial charge in [0.05, 0.1) is 5.60 Å². The minimum Gasteiger partial charge on any atom is -0.505 e. The Morgan fingerprint density at radius 2 is 2.13 bits per heavy atom. The Balaban J connectivity index is 2.27. The summed E-state index contributed by atoms with van der Waals surface area (Å²) in [4.78, 5) is 0. The van der Waals surface area contributed by atoms with Gasteiger partial charge in [0, 0.05) is 29.5 Å². The van der Waals surface area contributed by atoms with Crippen molar-refractivity contribution in [3.63, 3.8) is 0 Å². The summed E-state index contributed by atoms with van der Waals surface area (Å²) in [5.41, 5.74) is -0.434. The molecule has 1 saturated heterocycles. The van der Waals surface area contributed by atoms with E-state index in [1.54, 1.807) is 6.07 Å². The van der Waals surface area contributed by atoms with Crippen LogP contribution >= 0.6 is 15.9 Å². The van der Waals surface area contributed by atoms with Crippen LogP contribution in [0.25, 0.3) is 0 Å². The summed E-state index contributed by atoms with van der Waals surface area (Å²) < 4.78 is 13.7. The number of aliphatic hydroxyl groups is 1. The largest absolute Gasteiger partial charge is 0.505 e. The number of hydrogen-bond acceptors (Lipinski definition) is 3. The van der Waals surface area contributed by atoms with E-state index in [4.69, 9.17) is 0 Å². The normalized spacial score (nSPS) is 18.6. The first-order valence-electron chi connectivity index (χ1n) is 4.60. The average Bonchev–Trinajstić information content (AvgIpc) is 2.11. The van der Waals surface area contributed by atoms with Crippen LogP contribution in [0.4, 0.5) is 4.39 Å². The van der Waals surface area contributed by atoms with Gasteiger partial charge in [-0.15, -0.1) is 0 Å². The summed E-state index contributed by atoms with van der Waals surface area (Å²) in [7, 11) is 0. The lowest BCUT2D eigenvalue weighted by Crippen LogP contribution is -2.60. The molecule has 0 saturated carbocycles. The highest BCUT2D eigenvalue weighted by molar-refractivity contribution is 9.10. The molecule has 0 amide bonds. The van der Waals surface area contributed by atoms with Crippen molar-refractivity contribution in [2.75, 3.05) is 13.1 Å². The second-order valence-electron chi connectivity index (χ2n) is 3.90. The Hall–Kier alpha value is -0.650. The lowest BCUT2D eigenvalue weighted by molar-refractivity contribution is -0.00952. The van der Waals surface area contributed by atoms with Gasteiger partial charge in [-0.2, -0.15) is 0 Å². The summed E-state index contributed by atoms with van der Waals surface area (Å²) in [6, 6.07) is 2.82. The number of phenols is 1. The first-order valence-corrected chi connectivity index (χ1v) is 5.39. The van der Waals surface area contributed by atoms with E-state index in [1.165, 1.54) is 6.07 Å². The summed E-state index contributed by atoms with van der Waals surface area (Å²) in [6.07, 6.45) is 0.252. The molecule has 1 aliphatic heterocycles. The van der Waals surface area contributed by atoms with Gasteiger partial charge in [-0.1, -0.05) is 15.9 Å². The van der Waals surface area contributed by atoms with Crippen LogP contribution in [0.2, 0.25) is 0 Å². The molecule has 0 spiro atoms. The number of aromatic hydroxyl groups is 1. The minimum atomic E-state index is -0.856. The van der Waals surface area contributed by atoms with Gasteiger partial charge in [-0.3, -0.25) is 0 Å². The number of halogens is 2. The summed E-state index contributed by atoms with van der Waals surface area (Å²) >= 11 is 3.15. The Bertz CT molecular complexity index is 393. The monoisotopic (exact) mass is 275 g/mol. The van der Waals surface area contributed by atoms with E-state index in [9.17, 15) is 14.6 Å². The van der Waals surface area contributed by atoms with Crippen LogP contribution < -0.4 is 5.32 Å². The predicted octanol–water partition coefficient (Wildman–Crippen LogP) is 1.17. The molecule has 82 valence electrons. The zero-order valence-corrected chi connectivity index (χ0v) is 9.51. The SMILES string of the molecule is Oc1c(F)cc(Br)cc1CC1(O)CNC1. The summed E-state index contributed by atoms with van der Waals surface area (Å²) in [5.74, 6) is -1.05. The average molecular weight is 276 g/mol. The highest BCUT2D eigenvalue weighted by atomic mass is 79.9. The first-order chi connectivity index (χ1) is 7.00. The molecule has 2 rings (SSSR count). The van der Waals surface area contributed by atoms with E-state index in [0.29, 0.717) is 23.1 Å². The molecule has 1 aromatic carbocycles. The van der Waals surface area contributed by atoms with Crippen molar-refractivity contribution in [2.45, 2.75) is 12.0 Å². The van der Waals surface area contributed by atoms with E-state index in [-0.39, 0.29) is 12.2 Å². The fourth-order valence-electron chi connectivity index (χ4n) is 1.65. The molecule has 5 heteroatoms. The number of hydrogen-bond donors (Lipinski definition) is 3. The number of phenolic OH excluding ortho intramolecular Hbond substituents is 1. The van der Waals surface area contributed by atoms with Crippen LogP contribution in [0.3, 0.4) is 0 Å². The molecule has 0 bridgehead atoms. The van der Waals surface area contributed by atoms with Crippen molar-refractivity contribution in [3.05, 3.63) is 28.0 Å². The van der Waals surface area contributed by atoms with Crippen molar-refractivity contribution in [1.82, 2.24) is 5.32 Å². The Labute approximate surface area is 95.1 Å². The van der Waals surface area contributed by atoms with E-state index < -0.39 is 11.4 Å². The number of β-amino-alcohol motifs (C(OH)–C–C–N with tert-alkyl or cyclic N) is 1. The molecule has 0 unspecified atom stereocenters. The Morgan fingerprint density at radius 1 is 1.47 bits per heavy atom. The fraction of sp³-hybridized carbons (Fsp3) is 0.400. The molecular formula is C10H11BrFNO2. The van der Waals surface area contributed by atoms with Crippen LogP contribution in [-0.4, -0.2) is 28.9 Å². The van der Waals surface area contributed by atoms with Crippen LogP contribution in [0.5, 0.6) is 5.75 Å². The summed E-state index contributed by atoms with van der Waals surface area (Å²) in [6.45, 7) is 0.946. The van der Waals surface area contributed by atoms with Gasteiger partial charge in [-0.05, 0) is 12.1 Å². The highest BCUT2D eigenvalue weighted by Gasteiger charge is 2.35. The smallest absolute Gasteiger partial charge is 0.166 e. The lowest BCUT2D eigenvalue weighted by Gasteiger charge is -2.37. The van der Waals surface area contributed by atoms with Gasteiger partial charge in [-0.25, -0.2) is 4.39 Å². The molecule has 1 heterocycles. The number of rotatable bonds is 2. The number of nitrogens with one attached hydrogen (secondary N) is 1. The third-order valence-corrected chi connectivity index (χ3v) is 2.99. The quantitative estimate of drug-likeness (QED) is 0.760. The zero-order valence-electron chi connectivity index (χ0n) is 7.93. The first kappa shape index (κ1) is 10.9. The van der Waals surface area contributed by atoms with Gasteiger partial charge >= 0.3 is 0 Å². The third-order valence-electron chi connectivity index (χ3n) is 2.53. The molecule has 15 heavy (non-hydrogen) atoms. The fourth-order valence-corrected chi connectivity index (χ4v) is 2.12. The maximum absolute atomic E-state index is 13.2. The van der Waals surface area contributed by atoms with Crippen molar-refractivity contribution in [3.8, 4) is 5.75 Å². The molecule has 0 atom stereocenters. The Kier molecular flexibility index (Phi) is 2.70. The predicted molar refractivity (Wildman–Crippen MR) is 57.3 cm³/mol. The van der Waals surface area contributed by atoms with Crippen molar-refractivity contribution in [1.29, 1.82) is 0 Å². The van der Waals surface area contributed by atoms with E-state index >= 15 is 0 Å². The second kappa shape index (κ2) is 3.73. The molecule has 3 N–H and O–H groups in total. The number of benzene rings is 1. The highest BCUT2D eigenvalue weighted by Crippen LogP contribution is 2.30. The van der Waals surface area contributed by atoms with Gasteiger partial charge in [0.25, 0.3) is 0 Å². The van der Waals surface area contributed by atoms with Crippen molar-refractivity contribution < 1.29 is 14.6 Å². The van der Waals surface area contributed by atoms with E-state index in [1.807, 2.05) is 0 Å².